The van der Waals surface area contributed by atoms with Crippen molar-refractivity contribution >= 4 is 41.0 Å². The van der Waals surface area contributed by atoms with Crippen molar-refractivity contribution in [3.05, 3.63) is 89.5 Å². The fourth-order valence-electron chi connectivity index (χ4n) is 3.94. The third-order valence-corrected chi connectivity index (χ3v) is 8.18. The summed E-state index contributed by atoms with van der Waals surface area (Å²) in [5.41, 5.74) is 4.20. The Labute approximate surface area is 190 Å². The van der Waals surface area contributed by atoms with Crippen molar-refractivity contribution in [2.75, 3.05) is 5.32 Å². The molecular formula is C25H22N2O2S2. The van der Waals surface area contributed by atoms with Gasteiger partial charge in [-0.1, -0.05) is 48.5 Å². The molecule has 2 unspecified atom stereocenters. The number of thioether (sulfide) groups is 2. The van der Waals surface area contributed by atoms with Crippen LogP contribution in [-0.4, -0.2) is 22.3 Å². The highest BCUT2D eigenvalue weighted by molar-refractivity contribution is 8.01. The van der Waals surface area contributed by atoms with E-state index < -0.39 is 0 Å². The number of hydrogen-bond acceptors (Lipinski definition) is 4. The Kier molecular flexibility index (Phi) is 5.74. The van der Waals surface area contributed by atoms with E-state index in [1.807, 2.05) is 48.5 Å². The molecular weight excluding hydrogens is 424 g/mol. The quantitative estimate of drug-likeness (QED) is 0.598. The molecule has 5 rings (SSSR count). The summed E-state index contributed by atoms with van der Waals surface area (Å²) in [5.74, 6) is 0.0678. The van der Waals surface area contributed by atoms with Crippen molar-refractivity contribution in [2.24, 2.45) is 0 Å². The fraction of sp³-hybridized carbons (Fsp3) is 0.200. The average molecular weight is 447 g/mol. The lowest BCUT2D eigenvalue weighted by Gasteiger charge is -2.13. The van der Waals surface area contributed by atoms with E-state index in [9.17, 15) is 9.59 Å². The predicted molar refractivity (Wildman–Crippen MR) is 127 cm³/mol. The number of amides is 2. The molecule has 0 aromatic heterocycles. The number of anilines is 1. The number of nitrogens with one attached hydrogen (secondary N) is 2. The lowest BCUT2D eigenvalue weighted by Crippen LogP contribution is -2.32. The van der Waals surface area contributed by atoms with Crippen molar-refractivity contribution in [2.45, 2.75) is 39.7 Å². The molecule has 4 nitrogen and oxygen atoms in total. The highest BCUT2D eigenvalue weighted by Gasteiger charge is 2.29. The van der Waals surface area contributed by atoms with Crippen LogP contribution in [0.4, 0.5) is 5.69 Å². The van der Waals surface area contributed by atoms with Crippen LogP contribution in [0.1, 0.15) is 16.7 Å². The minimum atomic E-state index is -0.109. The molecule has 0 aliphatic carbocycles. The summed E-state index contributed by atoms with van der Waals surface area (Å²) >= 11 is 3.25. The molecule has 0 radical (unpaired) electrons. The van der Waals surface area contributed by atoms with Gasteiger partial charge in [-0.3, -0.25) is 9.59 Å². The molecule has 2 aliphatic heterocycles. The monoisotopic (exact) mass is 446 g/mol. The molecule has 0 fully saturated rings. The molecule has 2 aliphatic rings. The molecule has 0 saturated carbocycles. The third-order valence-electron chi connectivity index (χ3n) is 5.54. The van der Waals surface area contributed by atoms with Gasteiger partial charge in [0.2, 0.25) is 11.8 Å². The van der Waals surface area contributed by atoms with Crippen molar-refractivity contribution in [1.29, 1.82) is 0 Å². The standard InChI is InChI=1S/C25H22N2O2S2/c28-24(22-13-17-7-1-3-10-20(17)30-22)26-15-16-6-5-9-19(12-16)27-25(29)23-14-18-8-2-4-11-21(18)31-23/h1-12,22-23H,13-15H2,(H,26,28)(H,27,29). The van der Waals surface area contributed by atoms with E-state index in [1.165, 1.54) is 20.9 Å². The largest absolute Gasteiger partial charge is 0.351 e. The van der Waals surface area contributed by atoms with Crippen LogP contribution in [0.5, 0.6) is 0 Å². The second-order valence-electron chi connectivity index (χ2n) is 7.74. The van der Waals surface area contributed by atoms with E-state index >= 15 is 0 Å². The number of benzene rings is 3. The van der Waals surface area contributed by atoms with Gasteiger partial charge < -0.3 is 10.6 Å². The normalized spacial score (nSPS) is 18.8. The van der Waals surface area contributed by atoms with Gasteiger partial charge >= 0.3 is 0 Å². The van der Waals surface area contributed by atoms with Crippen molar-refractivity contribution < 1.29 is 9.59 Å². The summed E-state index contributed by atoms with van der Waals surface area (Å²) < 4.78 is 0. The van der Waals surface area contributed by atoms with Crippen LogP contribution in [0, 0.1) is 0 Å². The van der Waals surface area contributed by atoms with Gasteiger partial charge in [-0.2, -0.15) is 0 Å². The SMILES string of the molecule is O=C(NCc1cccc(NC(=O)C2Cc3ccccc3S2)c1)C1Cc2ccccc2S1. The molecule has 2 atom stereocenters. The lowest BCUT2D eigenvalue weighted by atomic mass is 10.1. The summed E-state index contributed by atoms with van der Waals surface area (Å²) in [5, 5.41) is 5.89. The Balaban J connectivity index is 1.16. The number of hydrogen-bond donors (Lipinski definition) is 2. The third kappa shape index (κ3) is 4.50. The van der Waals surface area contributed by atoms with Crippen LogP contribution in [0.3, 0.4) is 0 Å². The zero-order valence-electron chi connectivity index (χ0n) is 16.8. The van der Waals surface area contributed by atoms with Crippen LogP contribution in [0.2, 0.25) is 0 Å². The molecule has 0 spiro atoms. The molecule has 0 saturated heterocycles. The first-order valence-corrected chi connectivity index (χ1v) is 12.1. The van der Waals surface area contributed by atoms with Gasteiger partial charge in [0.05, 0.1) is 10.5 Å². The molecule has 31 heavy (non-hydrogen) atoms. The Bertz CT molecular complexity index is 1100. The predicted octanol–water partition coefficient (Wildman–Crippen LogP) is 4.68. The molecule has 3 aromatic rings. The summed E-state index contributed by atoms with van der Waals surface area (Å²) in [6, 6.07) is 24.0. The molecule has 0 bridgehead atoms. The molecule has 2 N–H and O–H groups in total. The topological polar surface area (TPSA) is 58.2 Å². The van der Waals surface area contributed by atoms with Gasteiger partial charge in [-0.05, 0) is 53.8 Å². The molecule has 3 aromatic carbocycles. The average Bonchev–Trinajstić information content (AvgIpc) is 3.42. The molecule has 2 amide bonds. The smallest absolute Gasteiger partial charge is 0.238 e. The van der Waals surface area contributed by atoms with Crippen LogP contribution in [0.25, 0.3) is 0 Å². The Morgan fingerprint density at radius 2 is 1.39 bits per heavy atom. The zero-order chi connectivity index (χ0) is 21.2. The maximum Gasteiger partial charge on any atom is 0.238 e. The van der Waals surface area contributed by atoms with Crippen LogP contribution in [-0.2, 0) is 29.0 Å². The van der Waals surface area contributed by atoms with Crippen molar-refractivity contribution in [3.8, 4) is 0 Å². The summed E-state index contributed by atoms with van der Waals surface area (Å²) in [6.45, 7) is 0.444. The number of carbonyl (C=O) groups is 2. The van der Waals surface area contributed by atoms with Crippen LogP contribution < -0.4 is 10.6 Å². The number of fused-ring (bicyclic) bond motifs is 2. The first-order valence-electron chi connectivity index (χ1n) is 10.3. The van der Waals surface area contributed by atoms with Gasteiger partial charge in [0.15, 0.2) is 0 Å². The van der Waals surface area contributed by atoms with E-state index in [0.717, 1.165) is 24.1 Å². The molecule has 156 valence electrons. The van der Waals surface area contributed by atoms with Gasteiger partial charge in [0.25, 0.3) is 0 Å². The van der Waals surface area contributed by atoms with E-state index in [1.54, 1.807) is 23.5 Å². The summed E-state index contributed by atoms with van der Waals surface area (Å²) in [7, 11) is 0. The highest BCUT2D eigenvalue weighted by atomic mass is 32.2. The Morgan fingerprint density at radius 3 is 2.03 bits per heavy atom. The maximum absolute atomic E-state index is 12.7. The van der Waals surface area contributed by atoms with Gasteiger partial charge in [-0.15, -0.1) is 23.5 Å². The second-order valence-corrected chi connectivity index (χ2v) is 10.2. The van der Waals surface area contributed by atoms with E-state index in [2.05, 4.69) is 34.9 Å². The second kappa shape index (κ2) is 8.81. The Hall–Kier alpha value is -2.70. The minimum absolute atomic E-state index is 0.0162. The van der Waals surface area contributed by atoms with Crippen molar-refractivity contribution in [3.63, 3.8) is 0 Å². The van der Waals surface area contributed by atoms with E-state index in [-0.39, 0.29) is 22.3 Å². The van der Waals surface area contributed by atoms with E-state index in [4.69, 9.17) is 0 Å². The summed E-state index contributed by atoms with van der Waals surface area (Å²) in [6.07, 6.45) is 1.52. The van der Waals surface area contributed by atoms with Gasteiger partial charge in [0, 0.05) is 22.0 Å². The van der Waals surface area contributed by atoms with Gasteiger partial charge in [0.1, 0.15) is 0 Å². The van der Waals surface area contributed by atoms with E-state index in [0.29, 0.717) is 6.54 Å². The summed E-state index contributed by atoms with van der Waals surface area (Å²) in [4.78, 5) is 27.7. The fourth-order valence-corrected chi connectivity index (χ4v) is 6.36. The maximum atomic E-state index is 12.7. The lowest BCUT2D eigenvalue weighted by molar-refractivity contribution is -0.120. The zero-order valence-corrected chi connectivity index (χ0v) is 18.5. The van der Waals surface area contributed by atoms with Crippen LogP contribution >= 0.6 is 23.5 Å². The van der Waals surface area contributed by atoms with Gasteiger partial charge in [-0.25, -0.2) is 0 Å². The highest BCUT2D eigenvalue weighted by Crippen LogP contribution is 2.38. The Morgan fingerprint density at radius 1 is 0.774 bits per heavy atom. The molecule has 6 heteroatoms. The first kappa shape index (κ1) is 20.2. The minimum Gasteiger partial charge on any atom is -0.351 e. The van der Waals surface area contributed by atoms with Crippen molar-refractivity contribution in [1.82, 2.24) is 5.32 Å². The first-order chi connectivity index (χ1) is 15.2. The number of rotatable bonds is 5. The number of carbonyl (C=O) groups excluding carboxylic acids is 2. The van der Waals surface area contributed by atoms with Crippen LogP contribution in [0.15, 0.2) is 82.6 Å². The molecule has 2 heterocycles.